The van der Waals surface area contributed by atoms with Crippen molar-refractivity contribution < 1.29 is 14.3 Å². The second kappa shape index (κ2) is 7.79. The van der Waals surface area contributed by atoms with E-state index >= 15 is 0 Å². The van der Waals surface area contributed by atoms with Crippen molar-refractivity contribution in [2.75, 3.05) is 26.2 Å². The Morgan fingerprint density at radius 3 is 2.90 bits per heavy atom. The molecule has 0 spiro atoms. The van der Waals surface area contributed by atoms with Crippen LogP contribution in [0.15, 0.2) is 45.9 Å². The molecule has 1 saturated heterocycles. The Hall–Kier alpha value is -3.23. The van der Waals surface area contributed by atoms with Crippen LogP contribution in [-0.4, -0.2) is 56.7 Å². The summed E-state index contributed by atoms with van der Waals surface area (Å²) in [6.45, 7) is 6.66. The van der Waals surface area contributed by atoms with Gasteiger partial charge >= 0.3 is 5.63 Å². The first-order valence-electron chi connectivity index (χ1n) is 10.4. The molecule has 5 rings (SSSR count). The van der Waals surface area contributed by atoms with Gasteiger partial charge in [-0.1, -0.05) is 0 Å². The molecule has 1 fully saturated rings. The first-order chi connectivity index (χ1) is 15.0. The monoisotopic (exact) mass is 420 g/mol. The van der Waals surface area contributed by atoms with Crippen LogP contribution in [0.3, 0.4) is 0 Å². The summed E-state index contributed by atoms with van der Waals surface area (Å²) in [6.07, 6.45) is 4.28. The first-order valence-corrected chi connectivity index (χ1v) is 10.4. The molecule has 1 N–H and O–H groups in total. The molecule has 3 aromatic heterocycles. The summed E-state index contributed by atoms with van der Waals surface area (Å²) in [5.41, 5.74) is 3.40. The Labute approximate surface area is 178 Å². The largest absolute Gasteiger partial charge is 0.492 e. The van der Waals surface area contributed by atoms with Gasteiger partial charge in [-0.05, 0) is 38.5 Å². The van der Waals surface area contributed by atoms with Crippen molar-refractivity contribution in [3.8, 4) is 17.0 Å². The Kier molecular flexibility index (Phi) is 4.95. The van der Waals surface area contributed by atoms with Gasteiger partial charge in [-0.15, -0.1) is 0 Å². The number of aromatic nitrogens is 3. The SMILES string of the molecule is Cc1cn2cc(-c3cc4ccc(OCCN5CC[C@H](O)C5)cc4oc3=O)nc2c(C)n1. The van der Waals surface area contributed by atoms with Crippen molar-refractivity contribution in [1.82, 2.24) is 19.3 Å². The Bertz CT molecular complexity index is 1330. The van der Waals surface area contributed by atoms with Crippen molar-refractivity contribution in [2.24, 2.45) is 0 Å². The molecule has 1 aliphatic rings. The number of aliphatic hydroxyl groups excluding tert-OH is 1. The second-order valence-corrected chi connectivity index (χ2v) is 8.06. The Morgan fingerprint density at radius 2 is 2.10 bits per heavy atom. The van der Waals surface area contributed by atoms with Crippen LogP contribution in [0.2, 0.25) is 0 Å². The van der Waals surface area contributed by atoms with Gasteiger partial charge in [-0.25, -0.2) is 9.78 Å². The van der Waals surface area contributed by atoms with Gasteiger partial charge in [0.05, 0.1) is 28.7 Å². The minimum Gasteiger partial charge on any atom is -0.492 e. The molecular weight excluding hydrogens is 396 g/mol. The number of aliphatic hydroxyl groups is 1. The summed E-state index contributed by atoms with van der Waals surface area (Å²) in [5.74, 6) is 0.646. The van der Waals surface area contributed by atoms with E-state index in [1.165, 1.54) is 0 Å². The van der Waals surface area contributed by atoms with E-state index in [0.29, 0.717) is 35.7 Å². The number of ether oxygens (including phenoxy) is 1. The maximum Gasteiger partial charge on any atom is 0.345 e. The van der Waals surface area contributed by atoms with E-state index in [1.807, 2.05) is 42.8 Å². The van der Waals surface area contributed by atoms with Crippen LogP contribution in [0.1, 0.15) is 17.8 Å². The number of β-amino-alcohol motifs (C(OH)–C–C–N with tert-alkyl or cyclic N) is 1. The van der Waals surface area contributed by atoms with Crippen LogP contribution in [0.5, 0.6) is 5.75 Å². The van der Waals surface area contributed by atoms with E-state index in [0.717, 1.165) is 41.9 Å². The lowest BCUT2D eigenvalue weighted by molar-refractivity contribution is 0.167. The van der Waals surface area contributed by atoms with Gasteiger partial charge in [0.25, 0.3) is 0 Å². The highest BCUT2D eigenvalue weighted by Crippen LogP contribution is 2.25. The number of aryl methyl sites for hydroxylation is 2. The van der Waals surface area contributed by atoms with E-state index in [2.05, 4.69) is 14.9 Å². The predicted octanol–water partition coefficient (Wildman–Crippen LogP) is 2.56. The molecule has 0 aliphatic carbocycles. The van der Waals surface area contributed by atoms with E-state index < -0.39 is 5.63 Å². The van der Waals surface area contributed by atoms with Crippen LogP contribution >= 0.6 is 0 Å². The number of benzene rings is 1. The highest BCUT2D eigenvalue weighted by Gasteiger charge is 2.19. The molecule has 0 radical (unpaired) electrons. The summed E-state index contributed by atoms with van der Waals surface area (Å²) in [5, 5.41) is 10.4. The molecule has 0 bridgehead atoms. The highest BCUT2D eigenvalue weighted by molar-refractivity contribution is 5.82. The number of imidazole rings is 1. The molecule has 8 heteroatoms. The normalized spacial score (nSPS) is 17.1. The minimum absolute atomic E-state index is 0.235. The molecule has 1 aliphatic heterocycles. The molecule has 0 unspecified atom stereocenters. The van der Waals surface area contributed by atoms with Gasteiger partial charge in [-0.2, -0.15) is 0 Å². The number of likely N-dealkylation sites (tertiary alicyclic amines) is 1. The average molecular weight is 420 g/mol. The topological polar surface area (TPSA) is 93.1 Å². The van der Waals surface area contributed by atoms with Gasteiger partial charge in [0, 0.05) is 43.5 Å². The minimum atomic E-state index is -0.443. The van der Waals surface area contributed by atoms with Gasteiger partial charge in [0.15, 0.2) is 5.65 Å². The molecule has 1 atom stereocenters. The van der Waals surface area contributed by atoms with Crippen LogP contribution in [-0.2, 0) is 0 Å². The summed E-state index contributed by atoms with van der Waals surface area (Å²) >= 11 is 0. The van der Waals surface area contributed by atoms with Crippen molar-refractivity contribution >= 4 is 16.6 Å². The zero-order valence-electron chi connectivity index (χ0n) is 17.5. The van der Waals surface area contributed by atoms with Gasteiger partial charge in [0.1, 0.15) is 17.9 Å². The first kappa shape index (κ1) is 19.7. The number of fused-ring (bicyclic) bond motifs is 2. The third kappa shape index (κ3) is 3.92. The summed E-state index contributed by atoms with van der Waals surface area (Å²) in [6, 6.07) is 7.28. The summed E-state index contributed by atoms with van der Waals surface area (Å²) in [4.78, 5) is 23.9. The zero-order chi connectivity index (χ0) is 21.5. The molecule has 31 heavy (non-hydrogen) atoms. The molecule has 4 aromatic rings. The lowest BCUT2D eigenvalue weighted by Gasteiger charge is -2.15. The third-order valence-corrected chi connectivity index (χ3v) is 5.63. The van der Waals surface area contributed by atoms with E-state index in [4.69, 9.17) is 9.15 Å². The fraction of sp³-hybridized carbons (Fsp3) is 0.348. The fourth-order valence-electron chi connectivity index (χ4n) is 4.10. The lowest BCUT2D eigenvalue weighted by atomic mass is 10.1. The Balaban J connectivity index is 1.39. The van der Waals surface area contributed by atoms with Gasteiger partial charge in [0.2, 0.25) is 0 Å². The average Bonchev–Trinajstić information content (AvgIpc) is 3.33. The quantitative estimate of drug-likeness (QED) is 0.496. The second-order valence-electron chi connectivity index (χ2n) is 8.06. The van der Waals surface area contributed by atoms with Crippen LogP contribution in [0.4, 0.5) is 0 Å². The highest BCUT2D eigenvalue weighted by atomic mass is 16.5. The Morgan fingerprint density at radius 1 is 1.23 bits per heavy atom. The third-order valence-electron chi connectivity index (χ3n) is 5.63. The van der Waals surface area contributed by atoms with Gasteiger partial charge < -0.3 is 18.7 Å². The maximum atomic E-state index is 12.7. The van der Waals surface area contributed by atoms with Crippen molar-refractivity contribution in [1.29, 1.82) is 0 Å². The van der Waals surface area contributed by atoms with Crippen molar-refractivity contribution in [3.63, 3.8) is 0 Å². The fourth-order valence-corrected chi connectivity index (χ4v) is 4.10. The molecule has 0 saturated carbocycles. The van der Waals surface area contributed by atoms with E-state index in [1.54, 1.807) is 12.1 Å². The number of nitrogens with zero attached hydrogens (tertiary/aromatic N) is 4. The lowest BCUT2D eigenvalue weighted by Crippen LogP contribution is -2.27. The molecule has 1 aromatic carbocycles. The van der Waals surface area contributed by atoms with E-state index in [9.17, 15) is 9.90 Å². The molecule has 160 valence electrons. The smallest absolute Gasteiger partial charge is 0.345 e. The predicted molar refractivity (Wildman–Crippen MR) is 116 cm³/mol. The molecular formula is C23H24N4O4. The number of rotatable bonds is 5. The molecule has 0 amide bonds. The van der Waals surface area contributed by atoms with Crippen molar-refractivity contribution in [2.45, 2.75) is 26.4 Å². The number of hydrogen-bond acceptors (Lipinski definition) is 7. The van der Waals surface area contributed by atoms with Gasteiger partial charge in [-0.3, -0.25) is 9.88 Å². The molecule has 4 heterocycles. The summed E-state index contributed by atoms with van der Waals surface area (Å²) in [7, 11) is 0. The number of hydrogen-bond donors (Lipinski definition) is 1. The zero-order valence-corrected chi connectivity index (χ0v) is 17.5. The maximum absolute atomic E-state index is 12.7. The van der Waals surface area contributed by atoms with Crippen LogP contribution in [0.25, 0.3) is 27.9 Å². The van der Waals surface area contributed by atoms with E-state index in [-0.39, 0.29) is 6.10 Å². The van der Waals surface area contributed by atoms with Crippen molar-refractivity contribution in [3.05, 3.63) is 58.5 Å². The van der Waals surface area contributed by atoms with Crippen LogP contribution < -0.4 is 10.4 Å². The van der Waals surface area contributed by atoms with Crippen LogP contribution in [0, 0.1) is 13.8 Å². The summed E-state index contributed by atoms with van der Waals surface area (Å²) < 4.78 is 13.3. The molecule has 8 nitrogen and oxygen atoms in total. The standard InChI is InChI=1S/C23H24N4O4/c1-14-11-27-13-20(25-22(27)15(2)24-14)19-9-16-3-4-18(10-21(16)31-23(19)29)30-8-7-26-6-5-17(28)12-26/h3-4,9-11,13,17,28H,5-8,12H2,1-2H3/t17-/m0/s1.